The molecule has 4 aromatic rings. The smallest absolute Gasteiger partial charge is 0.321 e. The van der Waals surface area contributed by atoms with Gasteiger partial charge in [0.25, 0.3) is 0 Å². The second-order valence-corrected chi connectivity index (χ2v) is 12.8. The minimum Gasteiger partial charge on any atom is -0.491 e. The summed E-state index contributed by atoms with van der Waals surface area (Å²) < 4.78 is 15.6. The van der Waals surface area contributed by atoms with Gasteiger partial charge in [0.1, 0.15) is 24.6 Å². The lowest BCUT2D eigenvalue weighted by Gasteiger charge is -2.33. The monoisotopic (exact) mass is 688 g/mol. The van der Waals surface area contributed by atoms with Crippen LogP contribution in [0.25, 0.3) is 6.08 Å². The van der Waals surface area contributed by atoms with Crippen LogP contribution in [-0.2, 0) is 33.5 Å². The highest BCUT2D eigenvalue weighted by Crippen LogP contribution is 2.51. The minimum atomic E-state index is -1.05. The standard InChI is InChI=1S/C40H32O11/c41-33(23-4-2-1-3-5-23)17-8-22-6-9-25(10-7-22)37(51-47)26-13-11-24(12-14-26)34(42)21-48-27-15-16-28-29(31-20-35(43)49-38(31)44)19-32-36(30(28)18-27)40(46)50-39(32)45/h1-18,29,31-32,34,36-37,42,47H,19-21H2/b17-8+. The lowest BCUT2D eigenvalue weighted by molar-refractivity contribution is -0.270. The second-order valence-electron chi connectivity index (χ2n) is 12.8. The number of hydrogen-bond acceptors (Lipinski definition) is 11. The van der Waals surface area contributed by atoms with E-state index in [-0.39, 0.29) is 25.2 Å². The van der Waals surface area contributed by atoms with Crippen molar-refractivity contribution in [3.05, 3.63) is 142 Å². The average molecular weight is 689 g/mol. The van der Waals surface area contributed by atoms with E-state index in [1.165, 1.54) is 6.08 Å². The average Bonchev–Trinajstić information content (AvgIpc) is 3.65. The third kappa shape index (κ3) is 6.87. The van der Waals surface area contributed by atoms with Crippen molar-refractivity contribution in [3.8, 4) is 5.75 Å². The summed E-state index contributed by atoms with van der Waals surface area (Å²) in [7, 11) is 0. The number of fused-ring (bicyclic) bond motifs is 3. The Morgan fingerprint density at radius 3 is 2.10 bits per heavy atom. The molecule has 3 aliphatic rings. The highest BCUT2D eigenvalue weighted by atomic mass is 17.1. The molecule has 2 N–H and O–H groups in total. The first-order valence-corrected chi connectivity index (χ1v) is 16.4. The first-order valence-electron chi connectivity index (χ1n) is 16.4. The summed E-state index contributed by atoms with van der Waals surface area (Å²) in [6.07, 6.45) is 1.42. The lowest BCUT2D eigenvalue weighted by atomic mass is 9.67. The van der Waals surface area contributed by atoms with Crippen molar-refractivity contribution < 1.29 is 53.4 Å². The summed E-state index contributed by atoms with van der Waals surface area (Å²) >= 11 is 0. The van der Waals surface area contributed by atoms with E-state index in [1.807, 2.05) is 18.2 Å². The van der Waals surface area contributed by atoms with Gasteiger partial charge in [-0.15, -0.1) is 0 Å². The molecule has 7 rings (SSSR count). The van der Waals surface area contributed by atoms with Gasteiger partial charge < -0.3 is 19.3 Å². The molecule has 0 saturated carbocycles. The molecule has 2 saturated heterocycles. The summed E-state index contributed by atoms with van der Waals surface area (Å²) in [5.74, 6) is -5.36. The minimum absolute atomic E-state index is 0.111. The van der Waals surface area contributed by atoms with Crippen LogP contribution in [0.4, 0.5) is 0 Å². The molecule has 51 heavy (non-hydrogen) atoms. The number of benzene rings is 4. The van der Waals surface area contributed by atoms with Gasteiger partial charge in [-0.2, -0.15) is 0 Å². The Hall–Kier alpha value is -5.75. The van der Waals surface area contributed by atoms with E-state index in [1.54, 1.807) is 84.9 Å². The summed E-state index contributed by atoms with van der Waals surface area (Å²) in [6.45, 7) is -0.149. The van der Waals surface area contributed by atoms with Crippen molar-refractivity contribution in [2.24, 2.45) is 11.8 Å². The molecule has 0 radical (unpaired) electrons. The molecule has 0 bridgehead atoms. The van der Waals surface area contributed by atoms with E-state index in [0.717, 1.165) is 5.56 Å². The Kier molecular flexibility index (Phi) is 9.42. The lowest BCUT2D eigenvalue weighted by Crippen LogP contribution is -2.31. The number of esters is 4. The Morgan fingerprint density at radius 2 is 1.43 bits per heavy atom. The molecule has 2 heterocycles. The van der Waals surface area contributed by atoms with Crippen molar-refractivity contribution in [1.29, 1.82) is 0 Å². The Labute approximate surface area is 292 Å². The molecule has 6 unspecified atom stereocenters. The Balaban J connectivity index is 1.01. The van der Waals surface area contributed by atoms with Crippen molar-refractivity contribution in [2.45, 2.75) is 36.9 Å². The fourth-order valence-electron chi connectivity index (χ4n) is 7.08. The molecule has 11 heteroatoms. The molecule has 0 spiro atoms. The van der Waals surface area contributed by atoms with Gasteiger partial charge in [0.2, 0.25) is 0 Å². The third-order valence-corrected chi connectivity index (χ3v) is 9.71. The fraction of sp³-hybridized carbons (Fsp3) is 0.225. The predicted octanol–water partition coefficient (Wildman–Crippen LogP) is 5.63. The maximum atomic E-state index is 12.7. The van der Waals surface area contributed by atoms with Gasteiger partial charge in [-0.1, -0.05) is 91.0 Å². The summed E-state index contributed by atoms with van der Waals surface area (Å²) in [6, 6.07) is 27.9. The van der Waals surface area contributed by atoms with Crippen molar-refractivity contribution in [2.75, 3.05) is 6.61 Å². The van der Waals surface area contributed by atoms with Crippen LogP contribution in [0, 0.1) is 11.8 Å². The highest BCUT2D eigenvalue weighted by Gasteiger charge is 2.53. The molecule has 2 aliphatic heterocycles. The van der Waals surface area contributed by atoms with Crippen molar-refractivity contribution in [3.63, 3.8) is 0 Å². The molecule has 0 aromatic heterocycles. The third-order valence-electron chi connectivity index (χ3n) is 9.71. The number of carbonyl (C=O) groups is 5. The second kappa shape index (κ2) is 14.2. The zero-order valence-corrected chi connectivity index (χ0v) is 27.0. The molecular weight excluding hydrogens is 656 g/mol. The number of hydrogen-bond donors (Lipinski definition) is 2. The zero-order chi connectivity index (χ0) is 35.6. The van der Waals surface area contributed by atoms with Crippen LogP contribution in [0.1, 0.15) is 80.6 Å². The molecule has 258 valence electrons. The number of aliphatic hydroxyl groups is 1. The fourth-order valence-corrected chi connectivity index (χ4v) is 7.08. The van der Waals surface area contributed by atoms with Gasteiger partial charge in [0.15, 0.2) is 5.78 Å². The molecule has 1 aliphatic carbocycles. The number of ketones is 1. The summed E-state index contributed by atoms with van der Waals surface area (Å²) in [4.78, 5) is 66.7. The van der Waals surface area contributed by atoms with Gasteiger partial charge >= 0.3 is 23.9 Å². The van der Waals surface area contributed by atoms with Crippen LogP contribution in [0.3, 0.4) is 0 Å². The van der Waals surface area contributed by atoms with Crippen LogP contribution in [0.2, 0.25) is 0 Å². The van der Waals surface area contributed by atoms with Gasteiger partial charge in [0.05, 0.1) is 24.2 Å². The van der Waals surface area contributed by atoms with Crippen LogP contribution in [0.5, 0.6) is 5.75 Å². The molecule has 4 aromatic carbocycles. The number of allylic oxidation sites excluding steroid dienone is 1. The Bertz CT molecular complexity index is 2020. The first kappa shape index (κ1) is 33.7. The van der Waals surface area contributed by atoms with Crippen molar-refractivity contribution >= 4 is 35.7 Å². The summed E-state index contributed by atoms with van der Waals surface area (Å²) in [5, 5.41) is 20.7. The maximum Gasteiger partial charge on any atom is 0.321 e. The molecule has 11 nitrogen and oxygen atoms in total. The van der Waals surface area contributed by atoms with E-state index in [9.17, 15) is 34.3 Å². The van der Waals surface area contributed by atoms with Gasteiger partial charge in [0, 0.05) is 5.56 Å². The largest absolute Gasteiger partial charge is 0.491 e. The topological polar surface area (TPSA) is 163 Å². The first-order chi connectivity index (χ1) is 24.7. The highest BCUT2D eigenvalue weighted by molar-refractivity contribution is 6.06. The van der Waals surface area contributed by atoms with E-state index < -0.39 is 59.8 Å². The quantitative estimate of drug-likeness (QED) is 0.0501. The Morgan fingerprint density at radius 1 is 0.765 bits per heavy atom. The van der Waals surface area contributed by atoms with E-state index in [0.29, 0.717) is 39.1 Å². The zero-order valence-electron chi connectivity index (χ0n) is 27.0. The van der Waals surface area contributed by atoms with E-state index in [2.05, 4.69) is 0 Å². The SMILES string of the molecule is O=C1CC(C2CC3C(=O)OC(=O)C3c3cc(OCC(O)c4ccc(C(OO)c5ccc(/C=C/C(=O)c6ccccc6)cc5)cc4)ccc32)C(=O)O1. The summed E-state index contributed by atoms with van der Waals surface area (Å²) in [5.41, 5.74) is 4.34. The van der Waals surface area contributed by atoms with Gasteiger partial charge in [-0.25, -0.2) is 4.89 Å². The number of rotatable bonds is 11. The normalized spacial score (nSPS) is 22.2. The van der Waals surface area contributed by atoms with E-state index >= 15 is 0 Å². The number of aliphatic hydroxyl groups excluding tert-OH is 1. The van der Waals surface area contributed by atoms with Crippen LogP contribution < -0.4 is 4.74 Å². The van der Waals surface area contributed by atoms with Crippen LogP contribution >= 0.6 is 0 Å². The number of ether oxygens (including phenoxy) is 3. The van der Waals surface area contributed by atoms with E-state index in [4.69, 9.17) is 19.1 Å². The van der Waals surface area contributed by atoms with Gasteiger partial charge in [-0.05, 0) is 63.9 Å². The maximum absolute atomic E-state index is 12.7. The number of carbonyl (C=O) groups excluding carboxylic acids is 5. The van der Waals surface area contributed by atoms with Gasteiger partial charge in [-0.3, -0.25) is 29.2 Å². The molecule has 2 fully saturated rings. The predicted molar refractivity (Wildman–Crippen MR) is 179 cm³/mol. The molecule has 6 atom stereocenters. The van der Waals surface area contributed by atoms with Crippen molar-refractivity contribution in [1.82, 2.24) is 0 Å². The number of cyclic esters (lactones) is 4. The molecule has 0 amide bonds. The molecular formula is C40H32O11. The van der Waals surface area contributed by atoms with Crippen LogP contribution in [-0.4, -0.2) is 46.6 Å². The van der Waals surface area contributed by atoms with Crippen LogP contribution in [0.15, 0.2) is 103 Å².